The van der Waals surface area contributed by atoms with Gasteiger partial charge in [-0.1, -0.05) is 16.8 Å². The Kier molecular flexibility index (Phi) is 7.37. The van der Waals surface area contributed by atoms with Crippen molar-refractivity contribution in [3.8, 4) is 11.9 Å². The van der Waals surface area contributed by atoms with Gasteiger partial charge in [-0.05, 0) is 61.8 Å². The monoisotopic (exact) mass is 638 g/mol. The first kappa shape index (κ1) is 30.0. The normalized spacial score (nSPS) is 28.8. The Hall–Kier alpha value is -4.67. The molecular weight excluding hydrogens is 608 g/mol. The average molecular weight is 639 g/mol. The van der Waals surface area contributed by atoms with Gasteiger partial charge in [0.1, 0.15) is 11.4 Å². The lowest BCUT2D eigenvalue weighted by Gasteiger charge is -2.30. The number of methoxy groups -OCH3 is 1. The average Bonchev–Trinajstić information content (AvgIpc) is 3.30. The number of nitrogens with one attached hydrogen (secondary N) is 2. The number of ether oxygens (including phenoxy) is 1. The molecule has 2 bridgehead atoms. The largest absolute Gasteiger partial charge is 0.480 e. The van der Waals surface area contributed by atoms with Crippen molar-refractivity contribution in [2.45, 2.75) is 50.6 Å². The number of pyridine rings is 1. The molecule has 2 aliphatic heterocycles. The highest BCUT2D eigenvalue weighted by molar-refractivity contribution is 6.04. The third kappa shape index (κ3) is 5.31. The van der Waals surface area contributed by atoms with E-state index in [1.54, 1.807) is 6.07 Å². The Bertz CT molecular complexity index is 1700. The molecule has 0 unspecified atom stereocenters. The van der Waals surface area contributed by atoms with Gasteiger partial charge in [-0.15, -0.1) is 0 Å². The Morgan fingerprint density at radius 2 is 1.96 bits per heavy atom. The zero-order valence-electron chi connectivity index (χ0n) is 24.7. The van der Waals surface area contributed by atoms with Crippen LogP contribution in [0.25, 0.3) is 0 Å². The van der Waals surface area contributed by atoms with E-state index >= 15 is 0 Å². The lowest BCUT2D eigenvalue weighted by atomic mass is 9.83. The van der Waals surface area contributed by atoms with Crippen LogP contribution < -0.4 is 15.4 Å². The SMILES string of the molecule is COc1ncc(C2=NO[C@H]3C[C@H](C#N)CN23)cc1C(=O)N[C@H]1[C@@H](C(=O)Nc2ccc(F)c(C(F)(F)F)c2)[C@H]2CC[C@@H]1/C2=C\C1CC1. The number of carbonyl (C=O) groups excluding carboxylic acids is 2. The third-order valence-corrected chi connectivity index (χ3v) is 9.60. The zero-order chi connectivity index (χ0) is 32.3. The van der Waals surface area contributed by atoms with Gasteiger partial charge in [0, 0.05) is 42.4 Å². The van der Waals surface area contributed by atoms with E-state index in [-0.39, 0.29) is 41.1 Å². The van der Waals surface area contributed by atoms with Gasteiger partial charge < -0.3 is 25.1 Å². The zero-order valence-corrected chi connectivity index (χ0v) is 24.7. The fourth-order valence-electron chi connectivity index (χ4n) is 7.33. The summed E-state index contributed by atoms with van der Waals surface area (Å²) in [6.45, 7) is 0.421. The Labute approximate surface area is 261 Å². The van der Waals surface area contributed by atoms with Crippen LogP contribution in [0.4, 0.5) is 23.2 Å². The second-order valence-corrected chi connectivity index (χ2v) is 12.5. The van der Waals surface area contributed by atoms with Crippen molar-refractivity contribution in [3.05, 3.63) is 64.6 Å². The summed E-state index contributed by atoms with van der Waals surface area (Å²) in [5, 5.41) is 19.1. The van der Waals surface area contributed by atoms with E-state index in [1.807, 2.05) is 4.90 Å². The second kappa shape index (κ2) is 11.3. The minimum absolute atomic E-state index is 0.0533. The van der Waals surface area contributed by atoms with E-state index in [9.17, 15) is 32.4 Å². The summed E-state index contributed by atoms with van der Waals surface area (Å²) in [7, 11) is 1.38. The molecule has 3 heterocycles. The Balaban J connectivity index is 1.16. The van der Waals surface area contributed by atoms with Crippen LogP contribution in [0.2, 0.25) is 0 Å². The van der Waals surface area contributed by atoms with E-state index in [4.69, 9.17) is 9.57 Å². The van der Waals surface area contributed by atoms with Gasteiger partial charge in [0.2, 0.25) is 18.0 Å². The molecule has 1 saturated heterocycles. The highest BCUT2D eigenvalue weighted by Gasteiger charge is 2.55. The fourth-order valence-corrected chi connectivity index (χ4v) is 7.33. The predicted molar refractivity (Wildman–Crippen MR) is 154 cm³/mol. The minimum Gasteiger partial charge on any atom is -0.480 e. The van der Waals surface area contributed by atoms with Gasteiger partial charge in [-0.2, -0.15) is 18.4 Å². The number of rotatable bonds is 7. The number of carbonyl (C=O) groups is 2. The molecule has 10 nitrogen and oxygen atoms in total. The maximum absolute atomic E-state index is 13.9. The first-order chi connectivity index (χ1) is 22.0. The van der Waals surface area contributed by atoms with Crippen LogP contribution in [-0.4, -0.2) is 53.5 Å². The van der Waals surface area contributed by atoms with Crippen LogP contribution in [0.15, 0.2) is 47.3 Å². The molecule has 7 rings (SSSR count). The van der Waals surface area contributed by atoms with Crippen LogP contribution >= 0.6 is 0 Å². The molecule has 2 N–H and O–H groups in total. The van der Waals surface area contributed by atoms with E-state index in [2.05, 4.69) is 32.9 Å². The number of halogens is 4. The number of fused-ring (bicyclic) bond motifs is 3. The molecule has 1 aromatic carbocycles. The smallest absolute Gasteiger partial charge is 0.419 e. The molecule has 0 radical (unpaired) electrons. The fraction of sp³-hybridized carbons (Fsp3) is 0.469. The number of allylic oxidation sites excluding steroid dienone is 1. The topological polar surface area (TPSA) is 129 Å². The van der Waals surface area contributed by atoms with E-state index in [0.717, 1.165) is 30.9 Å². The molecule has 2 aromatic rings. The van der Waals surface area contributed by atoms with Crippen molar-refractivity contribution in [1.29, 1.82) is 5.26 Å². The highest BCUT2D eigenvalue weighted by atomic mass is 19.4. The summed E-state index contributed by atoms with van der Waals surface area (Å²) >= 11 is 0. The van der Waals surface area contributed by atoms with Crippen molar-refractivity contribution in [1.82, 2.24) is 15.2 Å². The van der Waals surface area contributed by atoms with Crippen LogP contribution in [-0.2, 0) is 15.8 Å². The molecule has 3 saturated carbocycles. The number of benzene rings is 1. The van der Waals surface area contributed by atoms with Gasteiger partial charge in [-0.3, -0.25) is 9.59 Å². The van der Waals surface area contributed by atoms with Gasteiger partial charge in [-0.25, -0.2) is 9.37 Å². The minimum atomic E-state index is -4.93. The summed E-state index contributed by atoms with van der Waals surface area (Å²) < 4.78 is 59.4. The van der Waals surface area contributed by atoms with Crippen LogP contribution in [0.1, 0.15) is 53.6 Å². The van der Waals surface area contributed by atoms with Gasteiger partial charge in [0.05, 0.1) is 30.6 Å². The molecule has 2 amide bonds. The maximum atomic E-state index is 13.9. The number of hydrogen-bond donors (Lipinski definition) is 2. The molecule has 46 heavy (non-hydrogen) atoms. The summed E-state index contributed by atoms with van der Waals surface area (Å²) in [5.41, 5.74) is 0.0193. The van der Waals surface area contributed by atoms with E-state index < -0.39 is 41.3 Å². The van der Waals surface area contributed by atoms with Crippen LogP contribution in [0, 0.1) is 46.7 Å². The molecule has 3 aliphatic carbocycles. The summed E-state index contributed by atoms with van der Waals surface area (Å²) in [6, 6.07) is 5.51. The first-order valence-electron chi connectivity index (χ1n) is 15.2. The van der Waals surface area contributed by atoms with Crippen molar-refractivity contribution >= 4 is 23.3 Å². The maximum Gasteiger partial charge on any atom is 0.419 e. The summed E-state index contributed by atoms with van der Waals surface area (Å²) in [6.07, 6.45) is 2.42. The van der Waals surface area contributed by atoms with Crippen LogP contribution in [0.5, 0.6) is 5.88 Å². The number of amidine groups is 1. The lowest BCUT2D eigenvalue weighted by Crippen LogP contribution is -2.48. The number of anilines is 1. The quantitative estimate of drug-likeness (QED) is 0.328. The van der Waals surface area contributed by atoms with Gasteiger partial charge in [0.25, 0.3) is 5.91 Å². The van der Waals surface area contributed by atoms with E-state index in [0.29, 0.717) is 48.8 Å². The standard InChI is InChI=1S/C32H30F4N6O4/c1-45-31-22(10-17(13-38-31)28-41-46-25-9-16(12-37)14-42(25)28)29(43)40-27-20-6-5-19(21(20)8-15-2-3-15)26(27)30(44)39-18-4-7-24(33)23(11-18)32(34,35)36/h4,7-8,10-11,13,15-16,19-20,25-27H,2-3,5-6,9,14H2,1H3,(H,39,44)(H,40,43)/b21-8-/t16-,19+,20-,25+,26+,27-/m1/s1. The third-order valence-electron chi connectivity index (χ3n) is 9.60. The number of nitrogens with zero attached hydrogens (tertiary/aromatic N) is 4. The lowest BCUT2D eigenvalue weighted by molar-refractivity contribution is -0.140. The Morgan fingerprint density at radius 3 is 2.67 bits per heavy atom. The molecule has 240 valence electrons. The predicted octanol–water partition coefficient (Wildman–Crippen LogP) is 4.84. The number of oxime groups is 1. The molecule has 0 spiro atoms. The van der Waals surface area contributed by atoms with Crippen molar-refractivity contribution in [2.75, 3.05) is 19.0 Å². The van der Waals surface area contributed by atoms with Crippen LogP contribution in [0.3, 0.4) is 0 Å². The highest BCUT2D eigenvalue weighted by Crippen LogP contribution is 2.54. The molecule has 14 heteroatoms. The van der Waals surface area contributed by atoms with Crippen molar-refractivity contribution in [3.63, 3.8) is 0 Å². The number of aromatic nitrogens is 1. The Morgan fingerprint density at radius 1 is 1.17 bits per heavy atom. The van der Waals surface area contributed by atoms with E-state index in [1.165, 1.54) is 13.3 Å². The number of nitriles is 1. The number of amides is 2. The molecule has 6 atom stereocenters. The van der Waals surface area contributed by atoms with Gasteiger partial charge >= 0.3 is 6.18 Å². The van der Waals surface area contributed by atoms with Gasteiger partial charge in [0.15, 0.2) is 5.84 Å². The van der Waals surface area contributed by atoms with Crippen molar-refractivity contribution < 1.29 is 36.7 Å². The molecular formula is C32H30F4N6O4. The second-order valence-electron chi connectivity index (χ2n) is 12.5. The number of alkyl halides is 3. The summed E-state index contributed by atoms with van der Waals surface area (Å²) in [4.78, 5) is 39.4. The first-order valence-corrected chi connectivity index (χ1v) is 15.2. The molecule has 4 fully saturated rings. The molecule has 1 aromatic heterocycles. The van der Waals surface area contributed by atoms with Crippen molar-refractivity contribution in [2.24, 2.45) is 34.7 Å². The molecule has 5 aliphatic rings. The number of hydrogen-bond acceptors (Lipinski definition) is 8. The summed E-state index contributed by atoms with van der Waals surface area (Å²) in [5.74, 6) is -2.95.